The molecule has 2 aromatic rings. The molecule has 0 saturated carbocycles. The van der Waals surface area contributed by atoms with Gasteiger partial charge in [0.1, 0.15) is 5.75 Å². The molecule has 0 atom stereocenters. The average Bonchev–Trinajstić information content (AvgIpc) is 2.80. The third kappa shape index (κ3) is 7.91. The van der Waals surface area contributed by atoms with Crippen LogP contribution in [0.1, 0.15) is 52.0 Å². The first-order valence-electron chi connectivity index (χ1n) is 11.6. The van der Waals surface area contributed by atoms with Crippen molar-refractivity contribution < 1.29 is 26.3 Å². The quantitative estimate of drug-likeness (QED) is 0.307. The third-order valence-electron chi connectivity index (χ3n) is 5.79. The number of alkyl halides is 3. The summed E-state index contributed by atoms with van der Waals surface area (Å²) in [4.78, 5) is 2.24. The first-order chi connectivity index (χ1) is 16.0. The lowest BCUT2D eigenvalue weighted by molar-refractivity contribution is -0.137. The molecule has 9 heteroatoms. The topological polar surface area (TPSA) is 49.9 Å². The second-order valence-electron chi connectivity index (χ2n) is 8.47. The van der Waals surface area contributed by atoms with Crippen molar-refractivity contribution in [2.24, 2.45) is 0 Å². The Kier molecular flexibility index (Phi) is 10.2. The van der Waals surface area contributed by atoms with Gasteiger partial charge in [0.2, 0.25) is 0 Å². The fourth-order valence-electron chi connectivity index (χ4n) is 3.61. The number of nitrogens with zero attached hydrogens (tertiary/aromatic N) is 2. The van der Waals surface area contributed by atoms with Gasteiger partial charge in [0.05, 0.1) is 22.8 Å². The maximum absolute atomic E-state index is 12.8. The first-order valence-corrected chi connectivity index (χ1v) is 13.0. The molecule has 0 aliphatic carbocycles. The summed E-state index contributed by atoms with van der Waals surface area (Å²) in [6.07, 6.45) is -0.174. The van der Waals surface area contributed by atoms with Gasteiger partial charge in [0.25, 0.3) is 10.0 Å². The lowest BCUT2D eigenvalue weighted by Gasteiger charge is -2.24. The summed E-state index contributed by atoms with van der Waals surface area (Å²) < 4.78 is 70.6. The summed E-state index contributed by atoms with van der Waals surface area (Å²) in [5.74, 6) is 0.640. The lowest BCUT2D eigenvalue weighted by atomic mass is 10.2. The van der Waals surface area contributed by atoms with E-state index in [9.17, 15) is 21.6 Å². The summed E-state index contributed by atoms with van der Waals surface area (Å²) >= 11 is 0. The number of halogens is 3. The van der Waals surface area contributed by atoms with Gasteiger partial charge in [-0.1, -0.05) is 19.8 Å². The molecule has 34 heavy (non-hydrogen) atoms. The van der Waals surface area contributed by atoms with Crippen molar-refractivity contribution in [1.29, 1.82) is 0 Å². The lowest BCUT2D eigenvalue weighted by Crippen LogP contribution is -2.31. The van der Waals surface area contributed by atoms with E-state index in [4.69, 9.17) is 4.74 Å². The Bertz CT molecular complexity index is 976. The van der Waals surface area contributed by atoms with E-state index in [-0.39, 0.29) is 4.90 Å². The highest BCUT2D eigenvalue weighted by molar-refractivity contribution is 7.92. The molecule has 5 nitrogen and oxygen atoms in total. The molecular formula is C25H35F3N2O3S. The second kappa shape index (κ2) is 12.4. The van der Waals surface area contributed by atoms with Crippen molar-refractivity contribution in [2.75, 3.05) is 31.0 Å². The van der Waals surface area contributed by atoms with Crippen LogP contribution in [0.3, 0.4) is 0 Å². The molecule has 0 bridgehead atoms. The van der Waals surface area contributed by atoms with Crippen molar-refractivity contribution in [3.05, 3.63) is 54.1 Å². The molecule has 0 unspecified atom stereocenters. The highest BCUT2D eigenvalue weighted by atomic mass is 32.2. The number of hydrogen-bond donors (Lipinski definition) is 0. The molecule has 0 fully saturated rings. The summed E-state index contributed by atoms with van der Waals surface area (Å²) in [6.45, 7) is 9.37. The summed E-state index contributed by atoms with van der Waals surface area (Å²) in [6, 6.07) is 10.6. The SMILES string of the molecule is CCN(CCCCCCOc1ccc(N(C)S(=O)(=O)c2ccc(C(F)(F)F)cc2)cc1)C(C)C. The molecule has 0 N–H and O–H groups in total. The normalized spacial score (nSPS) is 12.4. The fraction of sp³-hybridized carbons (Fsp3) is 0.520. The van der Waals surface area contributed by atoms with Gasteiger partial charge in [-0.3, -0.25) is 4.31 Å². The van der Waals surface area contributed by atoms with E-state index in [1.54, 1.807) is 24.3 Å². The molecule has 2 rings (SSSR count). The maximum Gasteiger partial charge on any atom is 0.416 e. The van der Waals surface area contributed by atoms with E-state index in [0.29, 0.717) is 24.1 Å². The number of unbranched alkanes of at least 4 members (excludes halogenated alkanes) is 3. The largest absolute Gasteiger partial charge is 0.494 e. The number of rotatable bonds is 13. The minimum absolute atomic E-state index is 0.209. The Morgan fingerprint density at radius 3 is 2.03 bits per heavy atom. The zero-order valence-electron chi connectivity index (χ0n) is 20.3. The highest BCUT2D eigenvalue weighted by Crippen LogP contribution is 2.31. The zero-order valence-corrected chi connectivity index (χ0v) is 21.1. The van der Waals surface area contributed by atoms with Crippen LogP contribution >= 0.6 is 0 Å². The van der Waals surface area contributed by atoms with Crippen LogP contribution in [0, 0.1) is 0 Å². The van der Waals surface area contributed by atoms with E-state index in [0.717, 1.165) is 60.9 Å². The third-order valence-corrected chi connectivity index (χ3v) is 7.59. The van der Waals surface area contributed by atoms with Gasteiger partial charge in [0, 0.05) is 13.1 Å². The monoisotopic (exact) mass is 500 g/mol. The summed E-state index contributed by atoms with van der Waals surface area (Å²) in [5.41, 5.74) is -0.507. The Hall–Kier alpha value is -2.26. The first kappa shape index (κ1) is 28.0. The van der Waals surface area contributed by atoms with E-state index < -0.39 is 21.8 Å². The zero-order chi connectivity index (χ0) is 25.4. The van der Waals surface area contributed by atoms with Gasteiger partial charge >= 0.3 is 6.18 Å². The number of sulfonamides is 1. The predicted molar refractivity (Wildman–Crippen MR) is 130 cm³/mol. The van der Waals surface area contributed by atoms with Crippen LogP contribution in [0.5, 0.6) is 5.75 Å². The van der Waals surface area contributed by atoms with Crippen LogP contribution in [-0.2, 0) is 16.2 Å². The van der Waals surface area contributed by atoms with Crippen molar-refractivity contribution >= 4 is 15.7 Å². The molecule has 190 valence electrons. The van der Waals surface area contributed by atoms with Gasteiger partial charge in [-0.15, -0.1) is 0 Å². The Morgan fingerprint density at radius 2 is 1.50 bits per heavy atom. The second-order valence-corrected chi connectivity index (χ2v) is 10.4. The van der Waals surface area contributed by atoms with Crippen LogP contribution in [-0.4, -0.2) is 46.1 Å². The van der Waals surface area contributed by atoms with Crippen LogP contribution in [0.4, 0.5) is 18.9 Å². The van der Waals surface area contributed by atoms with Crippen molar-refractivity contribution in [1.82, 2.24) is 4.90 Å². The molecule has 0 aliphatic rings. The average molecular weight is 501 g/mol. The fourth-order valence-corrected chi connectivity index (χ4v) is 4.80. The van der Waals surface area contributed by atoms with Crippen molar-refractivity contribution in [3.63, 3.8) is 0 Å². The van der Waals surface area contributed by atoms with Crippen LogP contribution in [0.2, 0.25) is 0 Å². The number of ether oxygens (including phenoxy) is 1. The molecule has 0 saturated heterocycles. The van der Waals surface area contributed by atoms with E-state index in [1.807, 2.05) is 0 Å². The van der Waals surface area contributed by atoms with Gasteiger partial charge < -0.3 is 9.64 Å². The van der Waals surface area contributed by atoms with E-state index in [2.05, 4.69) is 25.7 Å². The molecular weight excluding hydrogens is 465 g/mol. The van der Waals surface area contributed by atoms with Gasteiger partial charge in [-0.25, -0.2) is 8.42 Å². The summed E-state index contributed by atoms with van der Waals surface area (Å²) in [7, 11) is -2.63. The predicted octanol–water partition coefficient (Wildman–Crippen LogP) is 6.20. The highest BCUT2D eigenvalue weighted by Gasteiger charge is 2.31. The molecule has 0 aromatic heterocycles. The Balaban J connectivity index is 1.83. The van der Waals surface area contributed by atoms with Gasteiger partial charge in [-0.2, -0.15) is 13.2 Å². The molecule has 0 heterocycles. The van der Waals surface area contributed by atoms with Gasteiger partial charge in [0.15, 0.2) is 0 Å². The van der Waals surface area contributed by atoms with Crippen LogP contribution in [0.15, 0.2) is 53.4 Å². The summed E-state index contributed by atoms with van der Waals surface area (Å²) in [5, 5.41) is 0. The molecule has 2 aromatic carbocycles. The smallest absolute Gasteiger partial charge is 0.416 e. The molecule has 0 aliphatic heterocycles. The molecule has 0 spiro atoms. The minimum atomic E-state index is -4.52. The van der Waals surface area contributed by atoms with Crippen molar-refractivity contribution in [2.45, 2.75) is 63.6 Å². The number of anilines is 1. The minimum Gasteiger partial charge on any atom is -0.494 e. The van der Waals surface area contributed by atoms with Gasteiger partial charge in [-0.05, 0) is 88.3 Å². The Morgan fingerprint density at radius 1 is 0.912 bits per heavy atom. The number of benzene rings is 2. The molecule has 0 amide bonds. The van der Waals surface area contributed by atoms with Crippen LogP contribution in [0.25, 0.3) is 0 Å². The van der Waals surface area contributed by atoms with Crippen molar-refractivity contribution in [3.8, 4) is 5.75 Å². The van der Waals surface area contributed by atoms with E-state index >= 15 is 0 Å². The standard InChI is InChI=1S/C25H35F3N2O3S/c1-5-30(20(2)3)18-8-6-7-9-19-33-23-14-12-22(13-15-23)29(4)34(31,32)24-16-10-21(11-17-24)25(26,27)28/h10-17,20H,5-9,18-19H2,1-4H3. The Labute approximate surface area is 201 Å². The van der Waals surface area contributed by atoms with E-state index in [1.165, 1.54) is 13.5 Å². The maximum atomic E-state index is 12.8. The number of hydrogen-bond acceptors (Lipinski definition) is 4. The van der Waals surface area contributed by atoms with Crippen LogP contribution < -0.4 is 9.04 Å². The molecule has 0 radical (unpaired) electrons.